The van der Waals surface area contributed by atoms with Gasteiger partial charge in [-0.25, -0.2) is 0 Å². The first-order valence-electron chi connectivity index (χ1n) is 8.34. The Morgan fingerprint density at radius 1 is 1.12 bits per heavy atom. The lowest BCUT2D eigenvalue weighted by Crippen LogP contribution is -2.46. The van der Waals surface area contributed by atoms with Crippen LogP contribution in [0, 0.1) is 5.92 Å². The molecule has 2 amide bonds. The van der Waals surface area contributed by atoms with Crippen LogP contribution in [-0.4, -0.2) is 24.4 Å². The number of nitrogens with two attached hydrogens (primary N) is 1. The fourth-order valence-corrected chi connectivity index (χ4v) is 3.14. The number of carbonyl (C=O) groups excluding carboxylic acids is 2. The molecule has 0 bridgehead atoms. The van der Waals surface area contributed by atoms with Crippen molar-refractivity contribution in [2.24, 2.45) is 11.7 Å². The van der Waals surface area contributed by atoms with Crippen LogP contribution >= 0.6 is 12.4 Å². The molecule has 134 valence electrons. The van der Waals surface area contributed by atoms with E-state index in [1.807, 2.05) is 32.0 Å². The van der Waals surface area contributed by atoms with E-state index in [0.29, 0.717) is 0 Å². The molecule has 6 heteroatoms. The fourth-order valence-electron chi connectivity index (χ4n) is 3.14. The van der Waals surface area contributed by atoms with E-state index in [0.717, 1.165) is 23.9 Å². The highest BCUT2D eigenvalue weighted by molar-refractivity contribution is 6.06. The summed E-state index contributed by atoms with van der Waals surface area (Å²) in [5, 5.41) is 7.79. The van der Waals surface area contributed by atoms with Crippen LogP contribution in [0.25, 0.3) is 10.8 Å². The Kier molecular flexibility index (Phi) is 6.03. The van der Waals surface area contributed by atoms with Crippen molar-refractivity contribution in [1.29, 1.82) is 0 Å². The molecule has 2 aromatic carbocycles. The monoisotopic (exact) mass is 361 g/mol. The molecule has 3 rings (SSSR count). The molecule has 0 heterocycles. The van der Waals surface area contributed by atoms with Crippen molar-refractivity contribution in [3.05, 3.63) is 41.5 Å². The average molecular weight is 362 g/mol. The third-order valence-corrected chi connectivity index (χ3v) is 4.60. The molecule has 0 aliphatic heterocycles. The molecule has 4 N–H and O–H groups in total. The first-order chi connectivity index (χ1) is 11.5. The van der Waals surface area contributed by atoms with Crippen LogP contribution in [-0.2, 0) is 22.4 Å². The second-order valence-electron chi connectivity index (χ2n) is 6.65. The highest BCUT2D eigenvalue weighted by Crippen LogP contribution is 2.34. The van der Waals surface area contributed by atoms with E-state index < -0.39 is 6.04 Å². The summed E-state index contributed by atoms with van der Waals surface area (Å²) in [7, 11) is 0. The van der Waals surface area contributed by atoms with E-state index >= 15 is 0 Å². The standard InChI is InChI=1S/C19H23N3O2.ClH/c1-11(2)18(20)19(24)21-10-16(23)22-15-9-8-13-7-6-12-4-3-5-14(15)17(12)13;/h3-5,8-9,11,18H,6-7,10,20H2,1-2H3,(H,21,24)(H,22,23);1H/t18-;/m0./s1. The highest BCUT2D eigenvalue weighted by atomic mass is 35.5. The molecule has 0 saturated heterocycles. The molecule has 5 nitrogen and oxygen atoms in total. The average Bonchev–Trinajstić information content (AvgIpc) is 2.99. The van der Waals surface area contributed by atoms with Crippen LogP contribution < -0.4 is 16.4 Å². The maximum Gasteiger partial charge on any atom is 0.243 e. The molecular formula is C19H24ClN3O2. The van der Waals surface area contributed by atoms with Crippen molar-refractivity contribution in [1.82, 2.24) is 5.32 Å². The maximum absolute atomic E-state index is 12.2. The Morgan fingerprint density at radius 2 is 1.80 bits per heavy atom. The number of rotatable bonds is 5. The molecule has 0 fully saturated rings. The van der Waals surface area contributed by atoms with Crippen molar-refractivity contribution in [2.75, 3.05) is 11.9 Å². The van der Waals surface area contributed by atoms with Gasteiger partial charge in [-0.1, -0.05) is 38.1 Å². The number of amides is 2. The molecule has 1 atom stereocenters. The number of benzene rings is 2. The lowest BCUT2D eigenvalue weighted by Gasteiger charge is -2.15. The van der Waals surface area contributed by atoms with Gasteiger partial charge in [0.1, 0.15) is 0 Å². The normalized spacial score (nSPS) is 13.4. The van der Waals surface area contributed by atoms with Crippen LogP contribution in [0.2, 0.25) is 0 Å². The van der Waals surface area contributed by atoms with E-state index in [1.54, 1.807) is 0 Å². The molecule has 0 aromatic heterocycles. The number of aryl methyl sites for hydroxylation is 2. The van der Waals surface area contributed by atoms with Crippen LogP contribution in [0.15, 0.2) is 30.3 Å². The summed E-state index contributed by atoms with van der Waals surface area (Å²) in [5.41, 5.74) is 9.21. The van der Waals surface area contributed by atoms with Crippen molar-refractivity contribution >= 4 is 40.7 Å². The summed E-state index contributed by atoms with van der Waals surface area (Å²) in [6.45, 7) is 3.66. The van der Waals surface area contributed by atoms with Gasteiger partial charge < -0.3 is 16.4 Å². The van der Waals surface area contributed by atoms with Gasteiger partial charge in [-0.3, -0.25) is 9.59 Å². The van der Waals surface area contributed by atoms with Crippen LogP contribution in [0.5, 0.6) is 0 Å². The largest absolute Gasteiger partial charge is 0.346 e. The van der Waals surface area contributed by atoms with E-state index in [9.17, 15) is 9.59 Å². The van der Waals surface area contributed by atoms with Gasteiger partial charge in [0.25, 0.3) is 0 Å². The van der Waals surface area contributed by atoms with E-state index in [2.05, 4.69) is 22.8 Å². The zero-order valence-electron chi connectivity index (χ0n) is 14.5. The Balaban J connectivity index is 0.00000225. The van der Waals surface area contributed by atoms with Gasteiger partial charge in [-0.15, -0.1) is 12.4 Å². The number of hydrogen-bond acceptors (Lipinski definition) is 3. The SMILES string of the molecule is CC(C)[C@H](N)C(=O)NCC(=O)Nc1ccc2c3c(cccc13)CC2.Cl. The first kappa shape index (κ1) is 19.2. The first-order valence-corrected chi connectivity index (χ1v) is 8.34. The Labute approximate surface area is 153 Å². The Bertz CT molecular complexity index is 794. The van der Waals surface area contributed by atoms with Crippen molar-refractivity contribution in [3.63, 3.8) is 0 Å². The summed E-state index contributed by atoms with van der Waals surface area (Å²) in [6, 6.07) is 9.59. The molecule has 1 aliphatic carbocycles. The van der Waals surface area contributed by atoms with Gasteiger partial charge in [-0.05, 0) is 41.3 Å². The molecule has 2 aromatic rings. The molecule has 25 heavy (non-hydrogen) atoms. The lowest BCUT2D eigenvalue weighted by molar-refractivity contribution is -0.125. The molecule has 0 saturated carbocycles. The van der Waals surface area contributed by atoms with Gasteiger partial charge in [0.15, 0.2) is 0 Å². The zero-order chi connectivity index (χ0) is 17.3. The number of carbonyl (C=O) groups is 2. The van der Waals surface area contributed by atoms with Crippen LogP contribution in [0.4, 0.5) is 5.69 Å². The fraction of sp³-hybridized carbons (Fsp3) is 0.368. The molecular weight excluding hydrogens is 338 g/mol. The molecule has 0 unspecified atom stereocenters. The quantitative estimate of drug-likeness (QED) is 0.764. The Hall–Kier alpha value is -2.11. The van der Waals surface area contributed by atoms with E-state index in [-0.39, 0.29) is 36.7 Å². The number of anilines is 1. The zero-order valence-corrected chi connectivity index (χ0v) is 15.3. The van der Waals surface area contributed by atoms with Gasteiger partial charge >= 0.3 is 0 Å². The molecule has 1 aliphatic rings. The van der Waals surface area contributed by atoms with Crippen molar-refractivity contribution in [3.8, 4) is 0 Å². The summed E-state index contributed by atoms with van der Waals surface area (Å²) >= 11 is 0. The van der Waals surface area contributed by atoms with Crippen LogP contribution in [0.3, 0.4) is 0 Å². The minimum Gasteiger partial charge on any atom is -0.346 e. The second kappa shape index (κ2) is 7.85. The summed E-state index contributed by atoms with van der Waals surface area (Å²) in [6.07, 6.45) is 2.10. The molecule has 0 spiro atoms. The number of halogens is 1. The predicted octanol–water partition coefficient (Wildman–Crippen LogP) is 2.40. The van der Waals surface area contributed by atoms with Crippen molar-refractivity contribution < 1.29 is 9.59 Å². The van der Waals surface area contributed by atoms with E-state index in [4.69, 9.17) is 5.73 Å². The van der Waals surface area contributed by atoms with Gasteiger partial charge in [-0.2, -0.15) is 0 Å². The minimum absolute atomic E-state index is 0. The van der Waals surface area contributed by atoms with Gasteiger partial charge in [0, 0.05) is 11.1 Å². The highest BCUT2D eigenvalue weighted by Gasteiger charge is 2.19. The number of nitrogens with one attached hydrogen (secondary N) is 2. The van der Waals surface area contributed by atoms with Crippen LogP contribution in [0.1, 0.15) is 25.0 Å². The maximum atomic E-state index is 12.2. The Morgan fingerprint density at radius 3 is 2.48 bits per heavy atom. The third kappa shape index (κ3) is 3.94. The topological polar surface area (TPSA) is 84.2 Å². The second-order valence-corrected chi connectivity index (χ2v) is 6.65. The summed E-state index contributed by atoms with van der Waals surface area (Å²) < 4.78 is 0. The van der Waals surface area contributed by atoms with Gasteiger partial charge in [0.2, 0.25) is 11.8 Å². The summed E-state index contributed by atoms with van der Waals surface area (Å²) in [4.78, 5) is 24.0. The van der Waals surface area contributed by atoms with Crippen molar-refractivity contribution in [2.45, 2.75) is 32.7 Å². The van der Waals surface area contributed by atoms with E-state index in [1.165, 1.54) is 16.5 Å². The summed E-state index contributed by atoms with van der Waals surface area (Å²) in [5.74, 6) is -0.525. The van der Waals surface area contributed by atoms with Gasteiger partial charge in [0.05, 0.1) is 12.6 Å². The third-order valence-electron chi connectivity index (χ3n) is 4.60. The molecule has 0 radical (unpaired) electrons. The lowest BCUT2D eigenvalue weighted by atomic mass is 10.0. The minimum atomic E-state index is -0.602. The smallest absolute Gasteiger partial charge is 0.243 e. The predicted molar refractivity (Wildman–Crippen MR) is 103 cm³/mol. The number of hydrogen-bond donors (Lipinski definition) is 3.